The Kier molecular flexibility index (Phi) is 5.93. The molecule has 1 fully saturated rings. The number of nitrogens with one attached hydrogen (secondary N) is 1. The normalized spacial score (nSPS) is 15.3. The number of nitrogens with zero attached hydrogens (tertiary/aromatic N) is 4. The molecule has 8 nitrogen and oxygen atoms in total. The lowest BCUT2D eigenvalue weighted by Gasteiger charge is -2.27. The molecule has 1 amide bonds. The zero-order valence-corrected chi connectivity index (χ0v) is 18.3. The molecule has 2 N–H and O–H groups in total. The monoisotopic (exact) mass is 423 g/mol. The van der Waals surface area contributed by atoms with E-state index in [-0.39, 0.29) is 17.1 Å². The van der Waals surface area contributed by atoms with Gasteiger partial charge in [0.05, 0.1) is 13.2 Å². The first-order valence-electron chi connectivity index (χ1n) is 10.6. The molecule has 1 aliphatic heterocycles. The summed E-state index contributed by atoms with van der Waals surface area (Å²) < 4.78 is 5.31. The van der Waals surface area contributed by atoms with Gasteiger partial charge in [0.2, 0.25) is 5.91 Å². The van der Waals surface area contributed by atoms with Crippen molar-refractivity contribution in [2.75, 3.05) is 26.3 Å². The molecular formula is C23H29N5O3. The van der Waals surface area contributed by atoms with Gasteiger partial charge in [-0.3, -0.25) is 10.2 Å². The van der Waals surface area contributed by atoms with Crippen LogP contribution in [-0.4, -0.2) is 57.3 Å². The van der Waals surface area contributed by atoms with Gasteiger partial charge in [-0.15, -0.1) is 15.0 Å². The molecule has 0 bridgehead atoms. The first kappa shape index (κ1) is 21.3. The Bertz CT molecular complexity index is 1050. The molecule has 0 unspecified atom stereocenters. The number of hydrazine groups is 1. The average molecular weight is 424 g/mol. The fraction of sp³-hybridized carbons (Fsp3) is 0.435. The van der Waals surface area contributed by atoms with Gasteiger partial charge in [0.25, 0.3) is 0 Å². The average Bonchev–Trinajstić information content (AvgIpc) is 3.17. The number of rotatable bonds is 5. The van der Waals surface area contributed by atoms with Crippen molar-refractivity contribution in [3.05, 3.63) is 47.5 Å². The van der Waals surface area contributed by atoms with Crippen LogP contribution < -0.4 is 5.43 Å². The summed E-state index contributed by atoms with van der Waals surface area (Å²) in [5.41, 5.74) is 6.46. The van der Waals surface area contributed by atoms with Crippen LogP contribution in [0.5, 0.6) is 5.75 Å². The van der Waals surface area contributed by atoms with Gasteiger partial charge in [0.15, 0.2) is 0 Å². The van der Waals surface area contributed by atoms with Crippen LogP contribution in [0.3, 0.4) is 0 Å². The van der Waals surface area contributed by atoms with Crippen molar-refractivity contribution in [2.45, 2.75) is 39.0 Å². The largest absolute Gasteiger partial charge is 0.505 e. The number of phenols is 1. The summed E-state index contributed by atoms with van der Waals surface area (Å²) in [6.45, 7) is 8.79. The molecule has 8 heteroatoms. The number of benzene rings is 2. The van der Waals surface area contributed by atoms with Gasteiger partial charge in [-0.2, -0.15) is 0 Å². The Morgan fingerprint density at radius 2 is 1.77 bits per heavy atom. The lowest BCUT2D eigenvalue weighted by Crippen LogP contribution is -2.48. The van der Waals surface area contributed by atoms with Crippen molar-refractivity contribution < 1.29 is 14.6 Å². The van der Waals surface area contributed by atoms with E-state index in [1.165, 1.54) is 4.80 Å². The lowest BCUT2D eigenvalue weighted by molar-refractivity contribution is -0.127. The third-order valence-corrected chi connectivity index (χ3v) is 5.39. The second-order valence-electron chi connectivity index (χ2n) is 8.87. The topological polar surface area (TPSA) is 92.5 Å². The Hall–Kier alpha value is -2.97. The predicted molar refractivity (Wildman–Crippen MR) is 118 cm³/mol. The van der Waals surface area contributed by atoms with Gasteiger partial charge in [-0.05, 0) is 35.6 Å². The highest BCUT2D eigenvalue weighted by molar-refractivity contribution is 5.76. The molecule has 1 saturated heterocycles. The van der Waals surface area contributed by atoms with Crippen molar-refractivity contribution in [3.63, 3.8) is 0 Å². The van der Waals surface area contributed by atoms with Crippen LogP contribution >= 0.6 is 0 Å². The Labute approximate surface area is 181 Å². The quantitative estimate of drug-likeness (QED) is 0.656. The van der Waals surface area contributed by atoms with Crippen molar-refractivity contribution in [2.24, 2.45) is 0 Å². The van der Waals surface area contributed by atoms with E-state index in [4.69, 9.17) is 4.74 Å². The molecule has 164 valence electrons. The lowest BCUT2D eigenvalue weighted by atomic mass is 9.84. The highest BCUT2D eigenvalue weighted by Gasteiger charge is 2.23. The second-order valence-corrected chi connectivity index (χ2v) is 8.87. The fourth-order valence-electron chi connectivity index (χ4n) is 3.68. The molecule has 0 aliphatic carbocycles. The number of fused-ring (bicyclic) bond motifs is 1. The van der Waals surface area contributed by atoms with Gasteiger partial charge in [0, 0.05) is 25.1 Å². The summed E-state index contributed by atoms with van der Waals surface area (Å²) in [6.07, 6.45) is 0.896. The summed E-state index contributed by atoms with van der Waals surface area (Å²) in [7, 11) is 0. The van der Waals surface area contributed by atoms with Crippen LogP contribution in [0.25, 0.3) is 16.7 Å². The number of amides is 1. The molecule has 1 aromatic heterocycles. The van der Waals surface area contributed by atoms with Gasteiger partial charge in [-0.25, -0.2) is 5.01 Å². The molecule has 3 aromatic rings. The van der Waals surface area contributed by atoms with Crippen LogP contribution in [0.4, 0.5) is 0 Å². The number of ether oxygens (including phenoxy) is 1. The fourth-order valence-corrected chi connectivity index (χ4v) is 3.68. The third kappa shape index (κ3) is 4.86. The van der Waals surface area contributed by atoms with E-state index in [1.807, 2.05) is 62.2 Å². The first-order chi connectivity index (χ1) is 14.8. The maximum atomic E-state index is 12.4. The number of carbonyl (C=O) groups is 1. The maximum Gasteiger partial charge on any atom is 0.234 e. The summed E-state index contributed by atoms with van der Waals surface area (Å²) in [4.78, 5) is 13.9. The number of hydrogen-bond donors (Lipinski definition) is 2. The minimum atomic E-state index is -0.280. The molecule has 2 aromatic carbocycles. The van der Waals surface area contributed by atoms with E-state index in [9.17, 15) is 9.90 Å². The van der Waals surface area contributed by atoms with Crippen LogP contribution in [0.2, 0.25) is 0 Å². The molecule has 0 spiro atoms. The molecule has 1 aliphatic rings. The number of hydrogen-bond acceptors (Lipinski definition) is 6. The number of aromatic hydroxyl groups is 1. The summed E-state index contributed by atoms with van der Waals surface area (Å²) in [5, 5.41) is 22.0. The van der Waals surface area contributed by atoms with Crippen molar-refractivity contribution in [1.29, 1.82) is 0 Å². The van der Waals surface area contributed by atoms with E-state index < -0.39 is 0 Å². The first-order valence-corrected chi connectivity index (χ1v) is 10.6. The summed E-state index contributed by atoms with van der Waals surface area (Å²) >= 11 is 0. The van der Waals surface area contributed by atoms with Crippen molar-refractivity contribution in [1.82, 2.24) is 25.4 Å². The van der Waals surface area contributed by atoms with E-state index in [1.54, 1.807) is 0 Å². The number of morpholine rings is 1. The third-order valence-electron chi connectivity index (χ3n) is 5.39. The van der Waals surface area contributed by atoms with Crippen LogP contribution in [0.15, 0.2) is 36.4 Å². The van der Waals surface area contributed by atoms with Crippen molar-refractivity contribution >= 4 is 16.9 Å². The number of aryl methyl sites for hydroxylation is 1. The second kappa shape index (κ2) is 8.64. The van der Waals surface area contributed by atoms with E-state index in [0.29, 0.717) is 44.8 Å². The van der Waals surface area contributed by atoms with Crippen LogP contribution in [0, 0.1) is 0 Å². The SMILES string of the molecule is CC(C)(C)c1cc(CCC(=O)NN2CCOCC2)cc(-n2nc3ccccc3n2)c1O. The minimum Gasteiger partial charge on any atom is -0.505 e. The van der Waals surface area contributed by atoms with Crippen molar-refractivity contribution in [3.8, 4) is 11.4 Å². The molecule has 0 radical (unpaired) electrons. The number of carbonyl (C=O) groups excluding carboxylic acids is 1. The molecule has 31 heavy (non-hydrogen) atoms. The highest BCUT2D eigenvalue weighted by Crippen LogP contribution is 2.36. The molecule has 4 rings (SSSR count). The Morgan fingerprint density at radius 3 is 2.39 bits per heavy atom. The number of aromatic nitrogens is 3. The molecule has 0 saturated carbocycles. The number of phenolic OH excluding ortho intramolecular Hbond substituents is 1. The maximum absolute atomic E-state index is 12.4. The molecular weight excluding hydrogens is 394 g/mol. The van der Waals surface area contributed by atoms with E-state index in [0.717, 1.165) is 22.2 Å². The summed E-state index contributed by atoms with van der Waals surface area (Å²) in [6, 6.07) is 11.4. The zero-order valence-electron chi connectivity index (χ0n) is 18.3. The zero-order chi connectivity index (χ0) is 22.0. The van der Waals surface area contributed by atoms with Gasteiger partial charge < -0.3 is 9.84 Å². The Morgan fingerprint density at radius 1 is 1.13 bits per heavy atom. The van der Waals surface area contributed by atoms with E-state index >= 15 is 0 Å². The standard InChI is InChI=1S/C23H29N5O3/c1-23(2,3)17-14-16(8-9-21(29)26-27-10-12-31-13-11-27)15-20(22(17)30)28-24-18-6-4-5-7-19(18)25-28/h4-7,14-15,30H,8-13H2,1-3H3,(H,26,29). The van der Waals surface area contributed by atoms with Gasteiger partial charge in [0.1, 0.15) is 22.5 Å². The van der Waals surface area contributed by atoms with Gasteiger partial charge in [-0.1, -0.05) is 39.0 Å². The minimum absolute atomic E-state index is 0.0308. The van der Waals surface area contributed by atoms with Crippen LogP contribution in [0.1, 0.15) is 38.3 Å². The smallest absolute Gasteiger partial charge is 0.234 e. The highest BCUT2D eigenvalue weighted by atomic mass is 16.5. The molecule has 2 heterocycles. The van der Waals surface area contributed by atoms with E-state index in [2.05, 4.69) is 15.6 Å². The van der Waals surface area contributed by atoms with Crippen LogP contribution in [-0.2, 0) is 21.4 Å². The predicted octanol–water partition coefficient (Wildman–Crippen LogP) is 2.72. The Balaban J connectivity index is 1.60. The molecule has 0 atom stereocenters. The summed E-state index contributed by atoms with van der Waals surface area (Å²) in [5.74, 6) is 0.131. The van der Waals surface area contributed by atoms with Gasteiger partial charge >= 0.3 is 0 Å².